The number of hydrogen-bond acceptors (Lipinski definition) is 8. The van der Waals surface area contributed by atoms with Crippen LogP contribution >= 0.6 is 23.4 Å². The summed E-state index contributed by atoms with van der Waals surface area (Å²) in [5.74, 6) is 0.841. The van der Waals surface area contributed by atoms with Crippen molar-refractivity contribution in [2.45, 2.75) is 38.1 Å². The number of phenols is 1. The summed E-state index contributed by atoms with van der Waals surface area (Å²) < 4.78 is 11.6. The van der Waals surface area contributed by atoms with E-state index in [4.69, 9.17) is 21.1 Å². The molecule has 8 nitrogen and oxygen atoms in total. The normalized spacial score (nSPS) is 14.7. The monoisotopic (exact) mass is 486 g/mol. The molecule has 1 aliphatic heterocycles. The third-order valence-corrected chi connectivity index (χ3v) is 6.35. The average Bonchev–Trinajstić information content (AvgIpc) is 2.95. The van der Waals surface area contributed by atoms with Crippen LogP contribution in [0.4, 0.5) is 5.69 Å². The van der Waals surface area contributed by atoms with Crippen LogP contribution in [-0.2, 0) is 4.79 Å². The van der Waals surface area contributed by atoms with Gasteiger partial charge in [0.05, 0.1) is 17.8 Å². The average molecular weight is 487 g/mol. The maximum Gasteiger partial charge on any atom is 0.247 e. The van der Waals surface area contributed by atoms with Crippen molar-refractivity contribution in [1.29, 1.82) is 0 Å². The second-order valence-electron chi connectivity index (χ2n) is 7.38. The number of thioether (sulfide) groups is 1. The Hall–Kier alpha value is -3.04. The molecule has 0 unspecified atom stereocenters. The molecular formula is C23H23ClN4O4S. The number of amides is 1. The highest BCUT2D eigenvalue weighted by Gasteiger charge is 2.35. The molecule has 0 aliphatic carbocycles. The number of carbonyl (C=O) groups excluding carboxylic acids is 1. The topological polar surface area (TPSA) is 97.7 Å². The van der Waals surface area contributed by atoms with Gasteiger partial charge in [-0.25, -0.2) is 0 Å². The van der Waals surface area contributed by atoms with Crippen molar-refractivity contribution in [3.63, 3.8) is 0 Å². The quantitative estimate of drug-likeness (QED) is 0.373. The molecule has 1 aliphatic rings. The first-order valence-electron chi connectivity index (χ1n) is 10.4. The Kier molecular flexibility index (Phi) is 6.90. The summed E-state index contributed by atoms with van der Waals surface area (Å²) in [7, 11) is 1.42. The molecule has 0 fully saturated rings. The van der Waals surface area contributed by atoms with Gasteiger partial charge in [0, 0.05) is 23.8 Å². The minimum atomic E-state index is -0.929. The number of unbranched alkanes of at least 4 members (excludes halogenated alkanes) is 1. The zero-order valence-electron chi connectivity index (χ0n) is 18.4. The first kappa shape index (κ1) is 23.1. The molecule has 2 aromatic carbocycles. The lowest BCUT2D eigenvalue weighted by Gasteiger charge is -2.30. The van der Waals surface area contributed by atoms with Crippen LogP contribution < -0.4 is 14.4 Å². The van der Waals surface area contributed by atoms with Gasteiger partial charge in [0.2, 0.25) is 23.2 Å². The molecule has 0 radical (unpaired) electrons. The van der Waals surface area contributed by atoms with Gasteiger partial charge in [-0.2, -0.15) is 4.98 Å². The summed E-state index contributed by atoms with van der Waals surface area (Å²) in [5, 5.41) is 19.4. The Bertz CT molecular complexity index is 1190. The summed E-state index contributed by atoms with van der Waals surface area (Å²) in [4.78, 5) is 19.0. The minimum absolute atomic E-state index is 0.0748. The maximum absolute atomic E-state index is 12.9. The predicted octanol–water partition coefficient (Wildman–Crippen LogP) is 5.24. The van der Waals surface area contributed by atoms with Gasteiger partial charge < -0.3 is 14.6 Å². The van der Waals surface area contributed by atoms with Crippen molar-refractivity contribution in [2.24, 2.45) is 0 Å². The first-order chi connectivity index (χ1) is 15.9. The van der Waals surface area contributed by atoms with E-state index < -0.39 is 6.23 Å². The van der Waals surface area contributed by atoms with Crippen molar-refractivity contribution >= 4 is 35.0 Å². The molecule has 10 heteroatoms. The standard InChI is InChI=1S/C23H23ClN4O4S/c1-4-5-10-33-23-25-21-19(26-27-23)15-8-6-7-9-17(15)28(13(2)29)22(32-21)14-11-16(24)20(30)18(12-14)31-3/h6-9,11-12,22,30H,4-5,10H2,1-3H3/t22-/m1/s1. The SMILES string of the molecule is CCCCSc1nnc2c(n1)O[C@H](c1cc(Cl)c(O)c(OC)c1)N(C(C)=O)c1ccccc1-2. The number of nitrogens with zero attached hydrogens (tertiary/aromatic N) is 4. The number of aromatic nitrogens is 3. The Morgan fingerprint density at radius 2 is 2.09 bits per heavy atom. The van der Waals surface area contributed by atoms with Crippen LogP contribution in [0.1, 0.15) is 38.5 Å². The fourth-order valence-electron chi connectivity index (χ4n) is 3.53. The molecule has 172 valence electrons. The number of ether oxygens (including phenoxy) is 2. The van der Waals surface area contributed by atoms with Gasteiger partial charge in [-0.15, -0.1) is 10.2 Å². The van der Waals surface area contributed by atoms with E-state index in [0.717, 1.165) is 18.6 Å². The lowest BCUT2D eigenvalue weighted by atomic mass is 10.1. The molecule has 2 heterocycles. The Morgan fingerprint density at radius 1 is 1.30 bits per heavy atom. The van der Waals surface area contributed by atoms with Gasteiger partial charge in [0.15, 0.2) is 17.2 Å². The lowest BCUT2D eigenvalue weighted by Crippen LogP contribution is -2.36. The molecule has 33 heavy (non-hydrogen) atoms. The molecule has 0 spiro atoms. The number of aromatic hydroxyl groups is 1. The number of phenolic OH excluding ortho intramolecular Hbond substituents is 1. The van der Waals surface area contributed by atoms with E-state index in [1.165, 1.54) is 30.7 Å². The highest BCUT2D eigenvalue weighted by Crippen LogP contribution is 2.45. The first-order valence-corrected chi connectivity index (χ1v) is 11.8. The molecule has 4 rings (SSSR count). The van der Waals surface area contributed by atoms with Gasteiger partial charge >= 0.3 is 0 Å². The van der Waals surface area contributed by atoms with Crippen molar-refractivity contribution in [3.05, 3.63) is 47.0 Å². The zero-order chi connectivity index (χ0) is 23.5. The number of para-hydroxylation sites is 1. The smallest absolute Gasteiger partial charge is 0.247 e. The molecule has 0 saturated heterocycles. The van der Waals surface area contributed by atoms with Crippen LogP contribution in [0.3, 0.4) is 0 Å². The summed E-state index contributed by atoms with van der Waals surface area (Å²) in [5.41, 5.74) is 2.22. The highest BCUT2D eigenvalue weighted by molar-refractivity contribution is 7.99. The molecule has 0 bridgehead atoms. The van der Waals surface area contributed by atoms with Gasteiger partial charge in [-0.05, 0) is 24.6 Å². The highest BCUT2D eigenvalue weighted by atomic mass is 35.5. The van der Waals surface area contributed by atoms with Gasteiger partial charge in [0.1, 0.15) is 0 Å². The number of halogens is 1. The molecule has 1 aromatic heterocycles. The number of benzene rings is 2. The number of anilines is 1. The molecule has 1 amide bonds. The van der Waals surface area contributed by atoms with E-state index in [9.17, 15) is 9.90 Å². The molecule has 0 saturated carbocycles. The van der Waals surface area contributed by atoms with Crippen molar-refractivity contribution in [2.75, 3.05) is 17.8 Å². The Morgan fingerprint density at radius 3 is 2.82 bits per heavy atom. The lowest BCUT2D eigenvalue weighted by molar-refractivity contribution is -0.118. The molecule has 1 N–H and O–H groups in total. The number of carbonyl (C=O) groups is 1. The van der Waals surface area contributed by atoms with Crippen molar-refractivity contribution in [1.82, 2.24) is 15.2 Å². The predicted molar refractivity (Wildman–Crippen MR) is 127 cm³/mol. The fraction of sp³-hybridized carbons (Fsp3) is 0.304. The van der Waals surface area contributed by atoms with Crippen molar-refractivity contribution in [3.8, 4) is 28.6 Å². The van der Waals surface area contributed by atoms with Crippen LogP contribution in [0.2, 0.25) is 5.02 Å². The van der Waals surface area contributed by atoms with Gasteiger partial charge in [-0.3, -0.25) is 9.69 Å². The molecular weight excluding hydrogens is 464 g/mol. The second kappa shape index (κ2) is 9.84. The molecule has 1 atom stereocenters. The summed E-state index contributed by atoms with van der Waals surface area (Å²) in [6.07, 6.45) is 1.16. The van der Waals surface area contributed by atoms with E-state index in [1.54, 1.807) is 12.1 Å². The Balaban J connectivity index is 1.89. The van der Waals surface area contributed by atoms with Crippen LogP contribution in [0, 0.1) is 0 Å². The van der Waals surface area contributed by atoms with E-state index >= 15 is 0 Å². The van der Waals surface area contributed by atoms with E-state index in [0.29, 0.717) is 27.7 Å². The van der Waals surface area contributed by atoms with Crippen molar-refractivity contribution < 1.29 is 19.4 Å². The number of hydrogen-bond donors (Lipinski definition) is 1. The third-order valence-electron chi connectivity index (χ3n) is 5.14. The number of rotatable bonds is 6. The van der Waals surface area contributed by atoms with Gasteiger partial charge in [0.25, 0.3) is 0 Å². The van der Waals surface area contributed by atoms with Gasteiger partial charge in [-0.1, -0.05) is 54.9 Å². The summed E-state index contributed by atoms with van der Waals surface area (Å²) >= 11 is 7.75. The van der Waals surface area contributed by atoms with E-state index in [-0.39, 0.29) is 28.3 Å². The zero-order valence-corrected chi connectivity index (χ0v) is 20.0. The van der Waals surface area contributed by atoms with Crippen LogP contribution in [0.25, 0.3) is 11.3 Å². The summed E-state index contributed by atoms with van der Waals surface area (Å²) in [6.45, 7) is 3.57. The van der Waals surface area contributed by atoms with E-state index in [2.05, 4.69) is 22.1 Å². The van der Waals surface area contributed by atoms with Crippen LogP contribution in [-0.4, -0.2) is 39.1 Å². The summed E-state index contributed by atoms with van der Waals surface area (Å²) in [6, 6.07) is 10.5. The maximum atomic E-state index is 12.9. The second-order valence-corrected chi connectivity index (χ2v) is 8.85. The third kappa shape index (κ3) is 4.56. The largest absolute Gasteiger partial charge is 0.503 e. The minimum Gasteiger partial charge on any atom is -0.503 e. The Labute approximate surface area is 200 Å². The fourth-order valence-corrected chi connectivity index (χ4v) is 4.61. The van der Waals surface area contributed by atoms with E-state index in [1.807, 2.05) is 24.3 Å². The van der Waals surface area contributed by atoms with Crippen LogP contribution in [0.5, 0.6) is 17.4 Å². The number of methoxy groups -OCH3 is 1. The van der Waals surface area contributed by atoms with Crippen LogP contribution in [0.15, 0.2) is 41.6 Å². The number of fused-ring (bicyclic) bond motifs is 3. The molecule has 3 aromatic rings.